The molecule has 1 fully saturated rings. The van der Waals surface area contributed by atoms with Crippen molar-refractivity contribution in [1.82, 2.24) is 15.1 Å². The van der Waals surface area contributed by atoms with Crippen LogP contribution in [0.3, 0.4) is 0 Å². The Bertz CT molecular complexity index is 427. The maximum absolute atomic E-state index is 12.3. The van der Waals surface area contributed by atoms with Crippen LogP contribution < -0.4 is 5.32 Å². The zero-order valence-electron chi connectivity index (χ0n) is 8.21. The molecular formula is C8H8F3N3O2. The maximum atomic E-state index is 12.3. The molecule has 88 valence electrons. The molecular weight excluding hydrogens is 227 g/mol. The van der Waals surface area contributed by atoms with Gasteiger partial charge < -0.3 is 10.1 Å². The van der Waals surface area contributed by atoms with Crippen LogP contribution >= 0.6 is 0 Å². The molecule has 1 aromatic rings. The lowest BCUT2D eigenvalue weighted by Gasteiger charge is -2.06. The first-order chi connectivity index (χ1) is 7.38. The van der Waals surface area contributed by atoms with Crippen LogP contribution in [0, 0.1) is 0 Å². The van der Waals surface area contributed by atoms with Crippen molar-refractivity contribution in [3.05, 3.63) is 17.5 Å². The topological polar surface area (TPSA) is 56.2 Å². The number of nitrogens with one attached hydrogen (secondary N) is 1. The zero-order chi connectivity index (χ0) is 11.9. The van der Waals surface area contributed by atoms with Gasteiger partial charge in [-0.05, 0) is 6.07 Å². The molecule has 16 heavy (non-hydrogen) atoms. The van der Waals surface area contributed by atoms with Gasteiger partial charge in [0.05, 0.1) is 12.2 Å². The number of alkyl halides is 3. The Balaban J connectivity index is 2.29. The number of hydrogen-bond donors (Lipinski definition) is 1. The summed E-state index contributed by atoms with van der Waals surface area (Å²) < 4.78 is 42.9. The van der Waals surface area contributed by atoms with Gasteiger partial charge in [-0.1, -0.05) is 0 Å². The summed E-state index contributed by atoms with van der Waals surface area (Å²) in [7, 11) is 1.37. The second-order valence-corrected chi connectivity index (χ2v) is 3.35. The van der Waals surface area contributed by atoms with Crippen molar-refractivity contribution in [2.75, 3.05) is 6.54 Å². The SMILES string of the molecule is Cn1nc(C(F)(F)F)cc1C1CNC(=O)O1. The molecule has 1 unspecified atom stereocenters. The van der Waals surface area contributed by atoms with Crippen LogP contribution in [0.15, 0.2) is 6.07 Å². The molecule has 1 saturated heterocycles. The smallest absolute Gasteiger partial charge is 0.435 e. The minimum atomic E-state index is -4.49. The van der Waals surface area contributed by atoms with Crippen LogP contribution in [0.5, 0.6) is 0 Å². The Morgan fingerprint density at radius 2 is 2.31 bits per heavy atom. The molecule has 8 heteroatoms. The first-order valence-corrected chi connectivity index (χ1v) is 4.43. The average Bonchev–Trinajstić information content (AvgIpc) is 2.70. The monoisotopic (exact) mass is 235 g/mol. The normalized spacial score (nSPS) is 20.8. The van der Waals surface area contributed by atoms with Gasteiger partial charge in [0, 0.05) is 7.05 Å². The number of halogens is 3. The number of alkyl carbamates (subject to hydrolysis) is 1. The van der Waals surface area contributed by atoms with Gasteiger partial charge in [0.25, 0.3) is 0 Å². The molecule has 0 bridgehead atoms. The van der Waals surface area contributed by atoms with E-state index in [1.165, 1.54) is 7.05 Å². The average molecular weight is 235 g/mol. The summed E-state index contributed by atoms with van der Waals surface area (Å²) >= 11 is 0. The zero-order valence-corrected chi connectivity index (χ0v) is 8.21. The summed E-state index contributed by atoms with van der Waals surface area (Å²) in [4.78, 5) is 10.8. The standard InChI is InChI=1S/C8H8F3N3O2/c1-14-4(5-3-12-7(15)16-5)2-6(13-14)8(9,10)11/h2,5H,3H2,1H3,(H,12,15). The minimum absolute atomic E-state index is 0.148. The predicted octanol–water partition coefficient (Wildman–Crippen LogP) is 1.22. The molecule has 1 N–H and O–H groups in total. The van der Waals surface area contributed by atoms with Gasteiger partial charge in [0.1, 0.15) is 0 Å². The third-order valence-corrected chi connectivity index (χ3v) is 2.22. The van der Waals surface area contributed by atoms with Crippen LogP contribution in [-0.4, -0.2) is 22.4 Å². The van der Waals surface area contributed by atoms with E-state index < -0.39 is 24.1 Å². The highest BCUT2D eigenvalue weighted by atomic mass is 19.4. The number of nitrogens with zero attached hydrogens (tertiary/aromatic N) is 2. The molecule has 1 aromatic heterocycles. The molecule has 0 spiro atoms. The minimum Gasteiger partial charge on any atom is -0.438 e. The summed E-state index contributed by atoms with van der Waals surface area (Å²) in [6.45, 7) is 0.148. The molecule has 1 atom stereocenters. The number of ether oxygens (including phenoxy) is 1. The van der Waals surface area contributed by atoms with Gasteiger partial charge in [-0.2, -0.15) is 18.3 Å². The quantitative estimate of drug-likeness (QED) is 0.796. The molecule has 0 radical (unpaired) electrons. The van der Waals surface area contributed by atoms with E-state index in [9.17, 15) is 18.0 Å². The van der Waals surface area contributed by atoms with E-state index in [2.05, 4.69) is 10.4 Å². The lowest BCUT2D eigenvalue weighted by molar-refractivity contribution is -0.141. The molecule has 1 aliphatic rings. The van der Waals surface area contributed by atoms with Crippen molar-refractivity contribution in [3.63, 3.8) is 0 Å². The molecule has 1 amide bonds. The first-order valence-electron chi connectivity index (χ1n) is 4.43. The molecule has 0 aliphatic carbocycles. The Kier molecular flexibility index (Phi) is 2.28. The lowest BCUT2D eigenvalue weighted by Crippen LogP contribution is -2.13. The van der Waals surface area contributed by atoms with Gasteiger partial charge in [-0.15, -0.1) is 0 Å². The fourth-order valence-electron chi connectivity index (χ4n) is 1.48. The van der Waals surface area contributed by atoms with Crippen molar-refractivity contribution in [2.45, 2.75) is 12.3 Å². The Morgan fingerprint density at radius 3 is 2.75 bits per heavy atom. The molecule has 0 saturated carbocycles. The van der Waals surface area contributed by atoms with E-state index in [1.54, 1.807) is 0 Å². The highest BCUT2D eigenvalue weighted by Gasteiger charge is 2.37. The van der Waals surface area contributed by atoms with Crippen LogP contribution in [-0.2, 0) is 18.0 Å². The number of carbonyl (C=O) groups is 1. The van der Waals surface area contributed by atoms with E-state index in [1.807, 2.05) is 0 Å². The van der Waals surface area contributed by atoms with Gasteiger partial charge in [0.2, 0.25) is 0 Å². The van der Waals surface area contributed by atoms with E-state index >= 15 is 0 Å². The number of amides is 1. The summed E-state index contributed by atoms with van der Waals surface area (Å²) in [5.41, 5.74) is -0.779. The van der Waals surface area contributed by atoms with Crippen molar-refractivity contribution < 1.29 is 22.7 Å². The fraction of sp³-hybridized carbons (Fsp3) is 0.500. The third-order valence-electron chi connectivity index (χ3n) is 2.22. The van der Waals surface area contributed by atoms with Gasteiger partial charge in [0.15, 0.2) is 11.8 Å². The van der Waals surface area contributed by atoms with E-state index in [0.717, 1.165) is 10.7 Å². The van der Waals surface area contributed by atoms with Crippen LogP contribution in [0.2, 0.25) is 0 Å². The summed E-state index contributed by atoms with van der Waals surface area (Å²) in [6, 6.07) is 0.880. The van der Waals surface area contributed by atoms with Crippen LogP contribution in [0.4, 0.5) is 18.0 Å². The highest BCUT2D eigenvalue weighted by molar-refractivity contribution is 5.69. The number of rotatable bonds is 1. The molecule has 0 aromatic carbocycles. The first kappa shape index (κ1) is 10.8. The molecule has 1 aliphatic heterocycles. The molecule has 2 heterocycles. The summed E-state index contributed by atoms with van der Waals surface area (Å²) in [5.74, 6) is 0. The predicted molar refractivity (Wildman–Crippen MR) is 45.4 cm³/mol. The fourth-order valence-corrected chi connectivity index (χ4v) is 1.48. The van der Waals surface area contributed by atoms with Crippen LogP contribution in [0.1, 0.15) is 17.5 Å². The Labute approximate surface area is 88.2 Å². The number of aryl methyl sites for hydroxylation is 1. The number of carbonyl (C=O) groups excluding carboxylic acids is 1. The third kappa shape index (κ3) is 1.82. The van der Waals surface area contributed by atoms with E-state index in [-0.39, 0.29) is 12.2 Å². The summed E-state index contributed by atoms with van der Waals surface area (Å²) in [6.07, 6.45) is -5.85. The highest BCUT2D eigenvalue weighted by Crippen LogP contribution is 2.31. The van der Waals surface area contributed by atoms with Gasteiger partial charge >= 0.3 is 12.3 Å². The van der Waals surface area contributed by atoms with Gasteiger partial charge in [-0.25, -0.2) is 4.79 Å². The molecule has 2 rings (SSSR count). The lowest BCUT2D eigenvalue weighted by atomic mass is 10.2. The maximum Gasteiger partial charge on any atom is 0.435 e. The second kappa shape index (κ2) is 3.39. The Morgan fingerprint density at radius 1 is 1.62 bits per heavy atom. The van der Waals surface area contributed by atoms with Crippen molar-refractivity contribution in [1.29, 1.82) is 0 Å². The second-order valence-electron chi connectivity index (χ2n) is 3.35. The van der Waals surface area contributed by atoms with Crippen LogP contribution in [0.25, 0.3) is 0 Å². The molecule has 5 nitrogen and oxygen atoms in total. The van der Waals surface area contributed by atoms with Crippen molar-refractivity contribution in [3.8, 4) is 0 Å². The van der Waals surface area contributed by atoms with E-state index in [4.69, 9.17) is 4.74 Å². The van der Waals surface area contributed by atoms with Gasteiger partial charge in [-0.3, -0.25) is 4.68 Å². The number of cyclic esters (lactones) is 1. The Hall–Kier alpha value is -1.73. The van der Waals surface area contributed by atoms with E-state index in [0.29, 0.717) is 0 Å². The van der Waals surface area contributed by atoms with Crippen molar-refractivity contribution in [2.24, 2.45) is 7.05 Å². The largest absolute Gasteiger partial charge is 0.438 e. The van der Waals surface area contributed by atoms with Crippen molar-refractivity contribution >= 4 is 6.09 Å². The number of hydrogen-bond acceptors (Lipinski definition) is 3. The number of aromatic nitrogens is 2. The summed E-state index contributed by atoms with van der Waals surface area (Å²) in [5, 5.41) is 5.68.